The minimum Gasteiger partial charge on any atom is -0.281 e. The molecule has 2 aromatic rings. The highest BCUT2D eigenvalue weighted by Crippen LogP contribution is 2.09. The zero-order chi connectivity index (χ0) is 10.8. The molecular formula is C10H6FN3O. The van der Waals surface area contributed by atoms with E-state index in [0.29, 0.717) is 0 Å². The Morgan fingerprint density at radius 3 is 2.73 bits per heavy atom. The Balaban J connectivity index is 2.65. The van der Waals surface area contributed by atoms with E-state index < -0.39 is 11.4 Å². The average molecular weight is 203 g/mol. The van der Waals surface area contributed by atoms with Crippen molar-refractivity contribution in [2.75, 3.05) is 0 Å². The van der Waals surface area contributed by atoms with Gasteiger partial charge in [-0.15, -0.1) is 0 Å². The molecule has 0 amide bonds. The standard InChI is InChI=1S/C10H6FN3O/c11-8-3-1-2-4-9(8)14-10(15)5-7(6-12)13-14/h1-5,13H. The Morgan fingerprint density at radius 2 is 2.13 bits per heavy atom. The Labute approximate surface area is 84.2 Å². The molecule has 74 valence electrons. The molecule has 0 fully saturated rings. The fraction of sp³-hybridized carbons (Fsp3) is 0. The summed E-state index contributed by atoms with van der Waals surface area (Å²) in [5.41, 5.74) is -0.260. The van der Waals surface area contributed by atoms with E-state index in [4.69, 9.17) is 5.26 Å². The quantitative estimate of drug-likeness (QED) is 0.756. The Hall–Kier alpha value is -2.35. The van der Waals surface area contributed by atoms with Gasteiger partial charge in [0.15, 0.2) is 0 Å². The zero-order valence-corrected chi connectivity index (χ0v) is 7.57. The first kappa shape index (κ1) is 9.21. The minimum atomic E-state index is -0.522. The number of benzene rings is 1. The molecule has 0 saturated carbocycles. The van der Waals surface area contributed by atoms with E-state index >= 15 is 0 Å². The molecule has 2 rings (SSSR count). The van der Waals surface area contributed by atoms with Crippen molar-refractivity contribution in [3.05, 3.63) is 52.2 Å². The molecule has 4 nitrogen and oxygen atoms in total. The third kappa shape index (κ3) is 1.53. The van der Waals surface area contributed by atoms with Crippen molar-refractivity contribution in [3.63, 3.8) is 0 Å². The number of nitriles is 1. The van der Waals surface area contributed by atoms with Crippen LogP contribution in [-0.4, -0.2) is 9.78 Å². The van der Waals surface area contributed by atoms with Gasteiger partial charge in [0.05, 0.1) is 0 Å². The van der Waals surface area contributed by atoms with Crippen molar-refractivity contribution >= 4 is 0 Å². The summed E-state index contributed by atoms with van der Waals surface area (Å²) in [6, 6.07) is 8.73. The molecule has 0 spiro atoms. The van der Waals surface area contributed by atoms with E-state index in [1.807, 2.05) is 0 Å². The summed E-state index contributed by atoms with van der Waals surface area (Å²) < 4.78 is 14.3. The summed E-state index contributed by atoms with van der Waals surface area (Å²) in [6.45, 7) is 0. The Morgan fingerprint density at radius 1 is 1.40 bits per heavy atom. The summed E-state index contributed by atoms with van der Waals surface area (Å²) in [5.74, 6) is -0.522. The van der Waals surface area contributed by atoms with Gasteiger partial charge in [-0.05, 0) is 12.1 Å². The van der Waals surface area contributed by atoms with Crippen molar-refractivity contribution < 1.29 is 4.39 Å². The summed E-state index contributed by atoms with van der Waals surface area (Å²) in [5, 5.41) is 11.1. The van der Waals surface area contributed by atoms with Gasteiger partial charge in [0.25, 0.3) is 5.56 Å². The van der Waals surface area contributed by atoms with Crippen LogP contribution in [0.4, 0.5) is 4.39 Å². The SMILES string of the molecule is N#Cc1cc(=O)n(-c2ccccc2F)[nH]1. The molecule has 0 aliphatic rings. The number of aromatic amines is 1. The third-order valence-corrected chi connectivity index (χ3v) is 1.93. The number of hydrogen-bond donors (Lipinski definition) is 1. The van der Waals surface area contributed by atoms with E-state index in [9.17, 15) is 9.18 Å². The van der Waals surface area contributed by atoms with Crippen molar-refractivity contribution in [1.82, 2.24) is 9.78 Å². The summed E-state index contributed by atoms with van der Waals surface area (Å²) in [4.78, 5) is 11.4. The van der Waals surface area contributed by atoms with Crippen LogP contribution >= 0.6 is 0 Å². The Kier molecular flexibility index (Phi) is 2.10. The summed E-state index contributed by atoms with van der Waals surface area (Å²) in [6.07, 6.45) is 0. The lowest BCUT2D eigenvalue weighted by Crippen LogP contribution is -2.14. The second-order valence-corrected chi connectivity index (χ2v) is 2.91. The van der Waals surface area contributed by atoms with Gasteiger partial charge in [-0.1, -0.05) is 12.1 Å². The molecule has 0 aliphatic heterocycles. The van der Waals surface area contributed by atoms with Crippen LogP contribution in [0, 0.1) is 17.1 Å². The molecule has 1 aromatic carbocycles. The highest BCUT2D eigenvalue weighted by molar-refractivity contribution is 5.33. The van der Waals surface area contributed by atoms with E-state index in [-0.39, 0.29) is 11.4 Å². The molecular weight excluding hydrogens is 197 g/mol. The van der Waals surface area contributed by atoms with Crippen LogP contribution in [0.1, 0.15) is 5.69 Å². The molecule has 0 unspecified atom stereocenters. The van der Waals surface area contributed by atoms with Crippen LogP contribution in [0.25, 0.3) is 5.69 Å². The van der Waals surface area contributed by atoms with E-state index in [2.05, 4.69) is 5.10 Å². The predicted octanol–water partition coefficient (Wildman–Crippen LogP) is 1.18. The average Bonchev–Trinajstić information content (AvgIpc) is 2.60. The van der Waals surface area contributed by atoms with E-state index in [1.54, 1.807) is 12.1 Å². The fourth-order valence-corrected chi connectivity index (χ4v) is 1.27. The largest absolute Gasteiger partial charge is 0.281 e. The van der Waals surface area contributed by atoms with Gasteiger partial charge in [0.2, 0.25) is 0 Å². The molecule has 0 atom stereocenters. The topological polar surface area (TPSA) is 61.6 Å². The van der Waals surface area contributed by atoms with Gasteiger partial charge in [-0.3, -0.25) is 9.89 Å². The van der Waals surface area contributed by atoms with Crippen LogP contribution in [-0.2, 0) is 0 Å². The lowest BCUT2D eigenvalue weighted by atomic mass is 10.3. The van der Waals surface area contributed by atoms with Gasteiger partial charge in [0.1, 0.15) is 23.3 Å². The predicted molar refractivity (Wildman–Crippen MR) is 51.1 cm³/mol. The monoisotopic (exact) mass is 203 g/mol. The van der Waals surface area contributed by atoms with Crippen molar-refractivity contribution in [2.45, 2.75) is 0 Å². The lowest BCUT2D eigenvalue weighted by Gasteiger charge is -2.01. The van der Waals surface area contributed by atoms with Crippen molar-refractivity contribution in [2.24, 2.45) is 0 Å². The molecule has 1 heterocycles. The maximum absolute atomic E-state index is 13.3. The fourth-order valence-electron chi connectivity index (χ4n) is 1.27. The second kappa shape index (κ2) is 3.42. The highest BCUT2D eigenvalue weighted by atomic mass is 19.1. The van der Waals surface area contributed by atoms with Gasteiger partial charge in [-0.25, -0.2) is 9.07 Å². The maximum atomic E-state index is 13.3. The van der Waals surface area contributed by atoms with Crippen LogP contribution in [0.2, 0.25) is 0 Å². The van der Waals surface area contributed by atoms with Crippen LogP contribution in [0.5, 0.6) is 0 Å². The first-order chi connectivity index (χ1) is 7.22. The smallest absolute Gasteiger partial charge is 0.272 e. The number of nitrogens with one attached hydrogen (secondary N) is 1. The summed E-state index contributed by atoms with van der Waals surface area (Å²) in [7, 11) is 0. The molecule has 1 N–H and O–H groups in total. The Bertz CT molecular complexity index is 591. The molecule has 15 heavy (non-hydrogen) atoms. The van der Waals surface area contributed by atoms with Crippen LogP contribution < -0.4 is 5.56 Å². The van der Waals surface area contributed by atoms with Crippen molar-refractivity contribution in [3.8, 4) is 11.8 Å². The molecule has 0 bridgehead atoms. The number of aromatic nitrogens is 2. The zero-order valence-electron chi connectivity index (χ0n) is 7.57. The van der Waals surface area contributed by atoms with E-state index in [0.717, 1.165) is 10.7 Å². The number of H-pyrrole nitrogens is 1. The lowest BCUT2D eigenvalue weighted by molar-refractivity contribution is 0.608. The van der Waals surface area contributed by atoms with Gasteiger partial charge >= 0.3 is 0 Å². The van der Waals surface area contributed by atoms with Gasteiger partial charge in [-0.2, -0.15) is 5.26 Å². The van der Waals surface area contributed by atoms with Crippen LogP contribution in [0.3, 0.4) is 0 Å². The van der Waals surface area contributed by atoms with Crippen molar-refractivity contribution in [1.29, 1.82) is 5.26 Å². The molecule has 0 radical (unpaired) electrons. The first-order valence-electron chi connectivity index (χ1n) is 4.19. The highest BCUT2D eigenvalue weighted by Gasteiger charge is 2.07. The maximum Gasteiger partial charge on any atom is 0.272 e. The number of nitrogens with zero attached hydrogens (tertiary/aromatic N) is 2. The second-order valence-electron chi connectivity index (χ2n) is 2.91. The van der Waals surface area contributed by atoms with E-state index in [1.165, 1.54) is 18.2 Å². The minimum absolute atomic E-state index is 0.100. The van der Waals surface area contributed by atoms with Gasteiger partial charge in [0, 0.05) is 6.07 Å². The summed E-state index contributed by atoms with van der Waals surface area (Å²) >= 11 is 0. The molecule has 5 heteroatoms. The molecule has 0 aliphatic carbocycles. The number of para-hydroxylation sites is 1. The number of hydrogen-bond acceptors (Lipinski definition) is 2. The third-order valence-electron chi connectivity index (χ3n) is 1.93. The molecule has 1 aromatic heterocycles. The molecule has 0 saturated heterocycles. The number of halogens is 1. The van der Waals surface area contributed by atoms with Gasteiger partial charge < -0.3 is 0 Å². The number of rotatable bonds is 1. The normalized spacial score (nSPS) is 9.87. The van der Waals surface area contributed by atoms with Crippen LogP contribution in [0.15, 0.2) is 35.1 Å². The first-order valence-corrected chi connectivity index (χ1v) is 4.19.